The van der Waals surface area contributed by atoms with Gasteiger partial charge in [-0.05, 0) is 31.4 Å². The minimum absolute atomic E-state index is 0.0288. The number of nitrogens with one attached hydrogen (secondary N) is 2. The molecule has 1 heterocycles. The number of fused-ring (bicyclic) bond motifs is 1. The van der Waals surface area contributed by atoms with E-state index in [1.807, 2.05) is 24.3 Å². The molecule has 1 aromatic rings. The van der Waals surface area contributed by atoms with Gasteiger partial charge in [-0.2, -0.15) is 0 Å². The molecule has 0 saturated heterocycles. The highest BCUT2D eigenvalue weighted by molar-refractivity contribution is 6.30. The molecular formula is C17H21ClN2O3. The Labute approximate surface area is 140 Å². The average molecular weight is 337 g/mol. The van der Waals surface area contributed by atoms with E-state index in [9.17, 15) is 4.79 Å². The van der Waals surface area contributed by atoms with Crippen molar-refractivity contribution in [3.05, 3.63) is 40.9 Å². The Morgan fingerprint density at radius 3 is 3.00 bits per heavy atom. The molecule has 1 aliphatic heterocycles. The zero-order chi connectivity index (χ0) is 16.2. The van der Waals surface area contributed by atoms with Gasteiger partial charge in [-0.3, -0.25) is 0 Å². The molecule has 3 rings (SSSR count). The maximum atomic E-state index is 12.3. The number of carbonyl (C=O) groups excluding carboxylic acids is 1. The number of rotatable bonds is 3. The predicted octanol–water partition coefficient (Wildman–Crippen LogP) is 2.79. The van der Waals surface area contributed by atoms with Crippen LogP contribution < -0.4 is 15.4 Å². The number of hydrogen-bond donors (Lipinski definition) is 3. The third-order valence-electron chi connectivity index (χ3n) is 4.27. The van der Waals surface area contributed by atoms with Crippen molar-refractivity contribution in [1.82, 2.24) is 10.6 Å². The van der Waals surface area contributed by atoms with Crippen LogP contribution in [0.1, 0.15) is 30.9 Å². The minimum Gasteiger partial charge on any atom is -0.493 e. The fraction of sp³-hybridized carbons (Fsp3) is 0.471. The van der Waals surface area contributed by atoms with Crippen LogP contribution in [0.25, 0.3) is 0 Å². The number of hydrogen-bond acceptors (Lipinski definition) is 3. The first kappa shape index (κ1) is 16.1. The van der Waals surface area contributed by atoms with Crippen LogP contribution in [0.4, 0.5) is 4.79 Å². The van der Waals surface area contributed by atoms with Crippen LogP contribution in [0.3, 0.4) is 0 Å². The fourth-order valence-electron chi connectivity index (χ4n) is 3.08. The molecule has 5 nitrogen and oxygen atoms in total. The lowest BCUT2D eigenvalue weighted by molar-refractivity contribution is 0.228. The SMILES string of the molecule is O=C(NC1CCCOc2cc(Cl)ccc21)N[C@@H]1C=C[C@H](CO)C1. The van der Waals surface area contributed by atoms with Crippen LogP contribution in [-0.2, 0) is 0 Å². The summed E-state index contributed by atoms with van der Waals surface area (Å²) in [4.78, 5) is 12.3. The zero-order valence-corrected chi connectivity index (χ0v) is 13.6. The number of amides is 2. The molecule has 1 aliphatic carbocycles. The summed E-state index contributed by atoms with van der Waals surface area (Å²) in [6.07, 6.45) is 6.31. The number of benzene rings is 1. The third-order valence-corrected chi connectivity index (χ3v) is 4.51. The van der Waals surface area contributed by atoms with Crippen molar-refractivity contribution in [1.29, 1.82) is 0 Å². The van der Waals surface area contributed by atoms with Gasteiger partial charge in [0.15, 0.2) is 0 Å². The molecule has 0 saturated carbocycles. The molecule has 0 aromatic heterocycles. The normalized spacial score (nSPS) is 26.1. The summed E-state index contributed by atoms with van der Waals surface area (Å²) in [7, 11) is 0. The van der Waals surface area contributed by atoms with Gasteiger partial charge in [0.1, 0.15) is 5.75 Å². The average Bonchev–Trinajstić information content (AvgIpc) is 2.89. The highest BCUT2D eigenvalue weighted by Crippen LogP contribution is 2.33. The van der Waals surface area contributed by atoms with Crippen molar-refractivity contribution in [3.63, 3.8) is 0 Å². The van der Waals surface area contributed by atoms with Crippen LogP contribution in [0.5, 0.6) is 5.75 Å². The first-order valence-electron chi connectivity index (χ1n) is 7.94. The first-order chi connectivity index (χ1) is 11.2. The maximum absolute atomic E-state index is 12.3. The van der Waals surface area contributed by atoms with Gasteiger partial charge in [0.25, 0.3) is 0 Å². The van der Waals surface area contributed by atoms with Gasteiger partial charge >= 0.3 is 6.03 Å². The van der Waals surface area contributed by atoms with Gasteiger partial charge in [-0.15, -0.1) is 0 Å². The summed E-state index contributed by atoms with van der Waals surface area (Å²) in [6.45, 7) is 0.737. The fourth-order valence-corrected chi connectivity index (χ4v) is 3.24. The topological polar surface area (TPSA) is 70.6 Å². The van der Waals surface area contributed by atoms with E-state index in [4.69, 9.17) is 21.4 Å². The Morgan fingerprint density at radius 2 is 2.22 bits per heavy atom. The van der Waals surface area contributed by atoms with Gasteiger partial charge in [0.05, 0.1) is 12.6 Å². The molecule has 0 fully saturated rings. The number of carbonyl (C=O) groups is 1. The molecule has 0 spiro atoms. The Balaban J connectivity index is 1.63. The van der Waals surface area contributed by atoms with E-state index in [2.05, 4.69) is 10.6 Å². The summed E-state index contributed by atoms with van der Waals surface area (Å²) in [6, 6.07) is 5.19. The van der Waals surface area contributed by atoms with E-state index in [-0.39, 0.29) is 30.6 Å². The molecule has 2 amide bonds. The first-order valence-corrected chi connectivity index (χ1v) is 8.32. The molecule has 0 bridgehead atoms. The Kier molecular flexibility index (Phi) is 5.08. The third kappa shape index (κ3) is 3.98. The van der Waals surface area contributed by atoms with Gasteiger partial charge in [-0.25, -0.2) is 4.79 Å². The Morgan fingerprint density at radius 1 is 1.35 bits per heavy atom. The minimum atomic E-state index is -0.203. The number of urea groups is 1. The molecular weight excluding hydrogens is 316 g/mol. The van der Waals surface area contributed by atoms with Gasteiger partial charge < -0.3 is 20.5 Å². The van der Waals surface area contributed by atoms with Crippen molar-refractivity contribution >= 4 is 17.6 Å². The van der Waals surface area contributed by atoms with E-state index in [1.165, 1.54) is 0 Å². The van der Waals surface area contributed by atoms with E-state index in [0.717, 1.165) is 30.6 Å². The van der Waals surface area contributed by atoms with E-state index < -0.39 is 0 Å². The van der Waals surface area contributed by atoms with Gasteiger partial charge in [0, 0.05) is 29.2 Å². The summed E-state index contributed by atoms with van der Waals surface area (Å²) in [5, 5.41) is 15.7. The van der Waals surface area contributed by atoms with Crippen molar-refractivity contribution in [2.45, 2.75) is 31.3 Å². The highest BCUT2D eigenvalue weighted by Gasteiger charge is 2.24. The summed E-state index contributed by atoms with van der Waals surface area (Å²) in [5.74, 6) is 0.871. The summed E-state index contributed by atoms with van der Waals surface area (Å²) < 4.78 is 5.71. The second-order valence-electron chi connectivity index (χ2n) is 6.01. The van der Waals surface area contributed by atoms with Crippen LogP contribution in [0.15, 0.2) is 30.4 Å². The molecule has 3 N–H and O–H groups in total. The molecule has 2 aliphatic rings. The predicted molar refractivity (Wildman–Crippen MR) is 88.7 cm³/mol. The molecule has 6 heteroatoms. The smallest absolute Gasteiger partial charge is 0.315 e. The summed E-state index contributed by atoms with van der Waals surface area (Å²) >= 11 is 6.02. The standard InChI is InChI=1S/C17H21ClN2O3/c18-12-4-6-14-15(2-1-7-23-16(14)9-12)20-17(22)19-13-5-3-11(8-13)10-21/h3-6,9,11,13,15,21H,1-2,7-8,10H2,(H2,19,20,22)/t11-,13+,15?/m0/s1. The monoisotopic (exact) mass is 336 g/mol. The summed E-state index contributed by atoms with van der Waals surface area (Å²) in [5.41, 5.74) is 0.956. The maximum Gasteiger partial charge on any atom is 0.315 e. The van der Waals surface area contributed by atoms with Crippen LogP contribution in [0.2, 0.25) is 5.02 Å². The molecule has 124 valence electrons. The second-order valence-corrected chi connectivity index (χ2v) is 6.45. The van der Waals surface area contributed by atoms with Crippen molar-refractivity contribution in [2.24, 2.45) is 5.92 Å². The quantitative estimate of drug-likeness (QED) is 0.743. The van der Waals surface area contributed by atoms with Crippen molar-refractivity contribution in [3.8, 4) is 5.75 Å². The van der Waals surface area contributed by atoms with E-state index in [0.29, 0.717) is 11.6 Å². The van der Waals surface area contributed by atoms with Crippen molar-refractivity contribution in [2.75, 3.05) is 13.2 Å². The number of aliphatic hydroxyl groups excluding tert-OH is 1. The molecule has 1 aromatic carbocycles. The number of ether oxygens (including phenoxy) is 1. The second kappa shape index (κ2) is 7.23. The van der Waals surface area contributed by atoms with Crippen LogP contribution >= 0.6 is 11.6 Å². The van der Waals surface area contributed by atoms with Crippen molar-refractivity contribution < 1.29 is 14.6 Å². The lowest BCUT2D eigenvalue weighted by Gasteiger charge is -2.20. The molecule has 3 atom stereocenters. The largest absolute Gasteiger partial charge is 0.493 e. The molecule has 0 radical (unpaired) electrons. The Hall–Kier alpha value is -1.72. The van der Waals surface area contributed by atoms with Crippen LogP contribution in [0, 0.1) is 5.92 Å². The lowest BCUT2D eigenvalue weighted by atomic mass is 10.0. The Bertz CT molecular complexity index is 606. The van der Waals surface area contributed by atoms with Gasteiger partial charge in [-0.1, -0.05) is 29.8 Å². The molecule has 23 heavy (non-hydrogen) atoms. The lowest BCUT2D eigenvalue weighted by Crippen LogP contribution is -2.42. The van der Waals surface area contributed by atoms with E-state index >= 15 is 0 Å². The van der Waals surface area contributed by atoms with Crippen LogP contribution in [-0.4, -0.2) is 30.4 Å². The number of aliphatic hydroxyl groups is 1. The molecule has 1 unspecified atom stereocenters. The van der Waals surface area contributed by atoms with E-state index in [1.54, 1.807) is 6.07 Å². The van der Waals surface area contributed by atoms with Gasteiger partial charge in [0.2, 0.25) is 0 Å². The zero-order valence-electron chi connectivity index (χ0n) is 12.8. The number of halogens is 1. The highest BCUT2D eigenvalue weighted by atomic mass is 35.5.